The smallest absolute Gasteiger partial charge is 0.292 e. The van der Waals surface area contributed by atoms with Crippen LogP contribution in [-0.4, -0.2) is 9.13 Å². The van der Waals surface area contributed by atoms with Crippen molar-refractivity contribution in [1.82, 2.24) is 9.13 Å². The van der Waals surface area contributed by atoms with Crippen LogP contribution in [0.15, 0.2) is 32.9 Å². The molecule has 0 spiro atoms. The molecule has 7 nitrogen and oxygen atoms in total. The lowest BCUT2D eigenvalue weighted by molar-refractivity contribution is -0.144. The molecule has 24 heavy (non-hydrogen) atoms. The summed E-state index contributed by atoms with van der Waals surface area (Å²) in [4.78, 5) is 26.4. The Morgan fingerprint density at radius 3 is 2.42 bits per heavy atom. The van der Waals surface area contributed by atoms with Gasteiger partial charge in [0.05, 0.1) is 16.4 Å². The van der Waals surface area contributed by atoms with E-state index in [2.05, 4.69) is 10.0 Å². The highest BCUT2D eigenvalue weighted by Crippen LogP contribution is 2.30. The summed E-state index contributed by atoms with van der Waals surface area (Å²) in [6, 6.07) is 1.61. The van der Waals surface area contributed by atoms with Gasteiger partial charge < -0.3 is 0 Å². The second-order valence-electron chi connectivity index (χ2n) is 4.49. The number of benzene rings is 1. The zero-order chi connectivity index (χ0) is 18.2. The minimum atomic E-state index is -4.94. The number of alkyl halides is 3. The van der Waals surface area contributed by atoms with Gasteiger partial charge >= 0.3 is 11.9 Å². The van der Waals surface area contributed by atoms with Crippen LogP contribution in [0, 0.1) is 5.82 Å². The molecule has 0 saturated carbocycles. The second-order valence-corrected chi connectivity index (χ2v) is 4.89. The number of rotatable bonds is 2. The van der Waals surface area contributed by atoms with Crippen molar-refractivity contribution in [3.05, 3.63) is 66.0 Å². The number of hydrogen-bond acceptors (Lipinski definition) is 3. The zero-order valence-corrected chi connectivity index (χ0v) is 12.4. The molecule has 0 saturated heterocycles. The molecule has 0 fully saturated rings. The van der Waals surface area contributed by atoms with E-state index in [9.17, 15) is 27.2 Å². The Labute approximate surface area is 134 Å². The number of aromatic nitrogens is 2. The Balaban J connectivity index is 2.87. The highest BCUT2D eigenvalue weighted by molar-refractivity contribution is 6.33. The van der Waals surface area contributed by atoms with Gasteiger partial charge in [-0.15, -0.1) is 0 Å². The first-order valence-electron chi connectivity index (χ1n) is 6.02. The fraction of sp³-hybridized carbons (Fsp3) is 0.167. The average Bonchev–Trinajstić information content (AvgIpc) is 2.46. The summed E-state index contributed by atoms with van der Waals surface area (Å²) in [5.41, 5.74) is 3.09. The van der Waals surface area contributed by atoms with Gasteiger partial charge in [-0.2, -0.15) is 13.2 Å². The van der Waals surface area contributed by atoms with Gasteiger partial charge in [-0.3, -0.25) is 9.36 Å². The van der Waals surface area contributed by atoms with Crippen LogP contribution in [0.3, 0.4) is 0 Å². The highest BCUT2D eigenvalue weighted by atomic mass is 35.5. The van der Waals surface area contributed by atoms with E-state index in [0.717, 1.165) is 13.1 Å². The van der Waals surface area contributed by atoms with Crippen LogP contribution >= 0.6 is 11.6 Å². The van der Waals surface area contributed by atoms with Gasteiger partial charge in [0.2, 0.25) is 0 Å². The maximum absolute atomic E-state index is 14.0. The van der Waals surface area contributed by atoms with E-state index in [1.54, 1.807) is 0 Å². The Morgan fingerprint density at radius 1 is 1.25 bits per heavy atom. The third-order valence-electron chi connectivity index (χ3n) is 3.02. The second kappa shape index (κ2) is 6.02. The molecule has 126 valence electrons. The van der Waals surface area contributed by atoms with Crippen molar-refractivity contribution in [1.29, 1.82) is 0 Å². The summed E-state index contributed by atoms with van der Waals surface area (Å²) in [5, 5.41) is 2.85. The number of halogens is 5. The molecule has 0 radical (unpaired) electrons. The van der Waals surface area contributed by atoms with Crippen LogP contribution in [-0.2, 0) is 13.2 Å². The molecule has 0 unspecified atom stereocenters. The van der Waals surface area contributed by atoms with Gasteiger partial charge in [0, 0.05) is 18.0 Å². The Kier molecular flexibility index (Phi) is 4.41. The summed E-state index contributed by atoms with van der Waals surface area (Å²) in [6.45, 7) is 0. The van der Waals surface area contributed by atoms with E-state index in [-0.39, 0.29) is 25.9 Å². The van der Waals surface area contributed by atoms with Crippen molar-refractivity contribution in [2.24, 2.45) is 12.2 Å². The Bertz CT molecular complexity index is 989. The molecule has 1 aromatic heterocycles. The molecular formula is C12H6ClF4N5O2. The minimum Gasteiger partial charge on any atom is -0.292 e. The van der Waals surface area contributed by atoms with Crippen LogP contribution in [0.4, 0.5) is 23.2 Å². The predicted octanol–water partition coefficient (Wildman–Crippen LogP) is 3.29. The molecule has 1 aromatic carbocycles. The summed E-state index contributed by atoms with van der Waals surface area (Å²) in [5.74, 6) is -1.16. The van der Waals surface area contributed by atoms with E-state index in [4.69, 9.17) is 17.1 Å². The third-order valence-corrected chi connectivity index (χ3v) is 3.32. The van der Waals surface area contributed by atoms with Gasteiger partial charge in [0.15, 0.2) is 0 Å². The molecular weight excluding hydrogens is 358 g/mol. The van der Waals surface area contributed by atoms with Crippen LogP contribution in [0.5, 0.6) is 0 Å². The van der Waals surface area contributed by atoms with Crippen LogP contribution in [0.1, 0.15) is 5.69 Å². The van der Waals surface area contributed by atoms with Gasteiger partial charge in [-0.1, -0.05) is 16.7 Å². The molecule has 0 aliphatic heterocycles. The molecule has 2 rings (SSSR count). The summed E-state index contributed by atoms with van der Waals surface area (Å²) < 4.78 is 52.7. The van der Waals surface area contributed by atoms with E-state index in [1.807, 2.05) is 0 Å². The molecule has 12 heteroatoms. The van der Waals surface area contributed by atoms with Crippen LogP contribution < -0.4 is 11.2 Å². The van der Waals surface area contributed by atoms with Crippen LogP contribution in [0.25, 0.3) is 16.1 Å². The molecule has 0 bridgehead atoms. The summed E-state index contributed by atoms with van der Waals surface area (Å²) >= 11 is 5.64. The maximum atomic E-state index is 14.0. The highest BCUT2D eigenvalue weighted by Gasteiger charge is 2.35. The molecule has 2 aromatic rings. The lowest BCUT2D eigenvalue weighted by Gasteiger charge is -2.14. The topological polar surface area (TPSA) is 92.8 Å². The normalized spacial score (nSPS) is 11.2. The standard InChI is InChI=1S/C12H6ClF4N5O2/c1-21-9(12(15,16)17)4-10(23)22(11(21)24)8-3-7(19-20-18)5(13)2-6(8)14/h2-4H,1H3. The van der Waals surface area contributed by atoms with Crippen LogP contribution in [0.2, 0.25) is 5.02 Å². The largest absolute Gasteiger partial charge is 0.431 e. The Hall–Kier alpha value is -2.78. The fourth-order valence-corrected chi connectivity index (χ4v) is 2.13. The van der Waals surface area contributed by atoms with E-state index < -0.39 is 34.6 Å². The van der Waals surface area contributed by atoms with Crippen molar-refractivity contribution < 1.29 is 17.6 Å². The predicted molar refractivity (Wildman–Crippen MR) is 76.1 cm³/mol. The van der Waals surface area contributed by atoms with E-state index in [1.165, 1.54) is 0 Å². The first kappa shape index (κ1) is 17.6. The quantitative estimate of drug-likeness (QED) is 0.354. The van der Waals surface area contributed by atoms with Crippen molar-refractivity contribution in [3.8, 4) is 5.69 Å². The molecule has 0 amide bonds. The number of hydrogen-bond donors (Lipinski definition) is 0. The van der Waals surface area contributed by atoms with Gasteiger partial charge in [-0.05, 0) is 17.7 Å². The van der Waals surface area contributed by atoms with Gasteiger partial charge in [0.1, 0.15) is 11.5 Å². The van der Waals surface area contributed by atoms with Crippen molar-refractivity contribution in [2.75, 3.05) is 0 Å². The molecule has 0 atom stereocenters. The molecule has 0 aliphatic carbocycles. The van der Waals surface area contributed by atoms with Crippen molar-refractivity contribution in [3.63, 3.8) is 0 Å². The van der Waals surface area contributed by atoms with Crippen molar-refractivity contribution in [2.45, 2.75) is 6.18 Å². The summed E-state index contributed by atoms with van der Waals surface area (Å²) in [6.07, 6.45) is -4.94. The SMILES string of the molecule is Cn1c(C(F)(F)F)cc(=O)n(-c2cc(N=[N+]=[N-])c(Cl)cc2F)c1=O. The molecule has 0 N–H and O–H groups in total. The third kappa shape index (κ3) is 2.99. The average molecular weight is 364 g/mol. The number of nitrogens with zero attached hydrogens (tertiary/aromatic N) is 5. The number of azide groups is 1. The van der Waals surface area contributed by atoms with Crippen molar-refractivity contribution >= 4 is 17.3 Å². The maximum Gasteiger partial charge on any atom is 0.431 e. The fourth-order valence-electron chi connectivity index (χ4n) is 1.94. The molecule has 1 heterocycles. The first-order valence-corrected chi connectivity index (χ1v) is 6.40. The monoisotopic (exact) mass is 363 g/mol. The minimum absolute atomic E-state index is 0.155. The lowest BCUT2D eigenvalue weighted by Crippen LogP contribution is -2.41. The lowest BCUT2D eigenvalue weighted by atomic mass is 10.2. The summed E-state index contributed by atoms with van der Waals surface area (Å²) in [7, 11) is 0.781. The first-order chi connectivity index (χ1) is 11.1. The Morgan fingerprint density at radius 2 is 1.88 bits per heavy atom. The van der Waals surface area contributed by atoms with E-state index >= 15 is 0 Å². The van der Waals surface area contributed by atoms with Gasteiger partial charge in [-0.25, -0.2) is 13.8 Å². The van der Waals surface area contributed by atoms with Gasteiger partial charge in [0.25, 0.3) is 5.56 Å². The molecule has 0 aliphatic rings. The zero-order valence-electron chi connectivity index (χ0n) is 11.7. The van der Waals surface area contributed by atoms with E-state index in [0.29, 0.717) is 6.07 Å².